The molecule has 0 spiro atoms. The SMILES string of the molecule is O=C(Cl)c1ccc(B(O)OB(O)c2ccc(C(=O)Cl)c(Cl)c2)cc1Cl. The summed E-state index contributed by atoms with van der Waals surface area (Å²) < 4.78 is 5.09. The van der Waals surface area contributed by atoms with E-state index in [9.17, 15) is 19.6 Å². The Morgan fingerprint density at radius 2 is 1.16 bits per heavy atom. The van der Waals surface area contributed by atoms with Gasteiger partial charge < -0.3 is 14.6 Å². The summed E-state index contributed by atoms with van der Waals surface area (Å²) in [6, 6.07) is 7.98. The Bertz CT molecular complexity index is 765. The van der Waals surface area contributed by atoms with E-state index in [2.05, 4.69) is 0 Å². The van der Waals surface area contributed by atoms with Crippen LogP contribution in [0.5, 0.6) is 0 Å². The summed E-state index contributed by atoms with van der Waals surface area (Å²) in [5.74, 6) is 0. The monoisotopic (exact) mass is 418 g/mol. The molecule has 0 aliphatic heterocycles. The van der Waals surface area contributed by atoms with Crippen molar-refractivity contribution >= 4 is 82.1 Å². The van der Waals surface area contributed by atoms with Gasteiger partial charge in [0.2, 0.25) is 0 Å². The lowest BCUT2D eigenvalue weighted by Crippen LogP contribution is -2.45. The number of rotatable bonds is 6. The molecule has 11 heteroatoms. The van der Waals surface area contributed by atoms with Crippen LogP contribution >= 0.6 is 46.4 Å². The molecule has 2 aromatic carbocycles. The Balaban J connectivity index is 2.16. The molecule has 128 valence electrons. The minimum Gasteiger partial charge on any atom is -0.443 e. The summed E-state index contributed by atoms with van der Waals surface area (Å²) in [5, 5.41) is 18.7. The Morgan fingerprint density at radius 1 is 0.800 bits per heavy atom. The highest BCUT2D eigenvalue weighted by atomic mass is 35.5. The lowest BCUT2D eigenvalue weighted by molar-refractivity contribution is 0.107. The molecule has 0 aromatic heterocycles. The fraction of sp³-hybridized carbons (Fsp3) is 0. The third-order valence-electron chi connectivity index (χ3n) is 3.24. The topological polar surface area (TPSA) is 83.8 Å². The van der Waals surface area contributed by atoms with Gasteiger partial charge in [0, 0.05) is 0 Å². The fourth-order valence-corrected chi connectivity index (χ4v) is 2.94. The van der Waals surface area contributed by atoms with Gasteiger partial charge in [0.05, 0.1) is 21.2 Å². The molecule has 0 aliphatic carbocycles. The largest absolute Gasteiger partial charge is 0.477 e. The first-order chi connectivity index (χ1) is 11.7. The molecule has 0 saturated carbocycles. The highest BCUT2D eigenvalue weighted by molar-refractivity contribution is 6.74. The second-order valence-electron chi connectivity index (χ2n) is 4.87. The van der Waals surface area contributed by atoms with Crippen LogP contribution in [0.2, 0.25) is 10.0 Å². The number of carbonyl (C=O) groups is 2. The summed E-state index contributed by atoms with van der Waals surface area (Å²) >= 11 is 22.5. The van der Waals surface area contributed by atoms with Crippen molar-refractivity contribution in [2.45, 2.75) is 0 Å². The molecule has 0 unspecified atom stereocenters. The molecule has 2 N–H and O–H groups in total. The first-order valence-electron chi connectivity index (χ1n) is 6.71. The van der Waals surface area contributed by atoms with E-state index in [1.807, 2.05) is 0 Å². The molecule has 2 aromatic rings. The van der Waals surface area contributed by atoms with Gasteiger partial charge in [-0.25, -0.2) is 0 Å². The van der Waals surface area contributed by atoms with Gasteiger partial charge >= 0.3 is 14.2 Å². The van der Waals surface area contributed by atoms with Crippen molar-refractivity contribution in [1.82, 2.24) is 0 Å². The maximum Gasteiger partial charge on any atom is 0.477 e. The van der Waals surface area contributed by atoms with E-state index < -0.39 is 24.7 Å². The summed E-state index contributed by atoms with van der Waals surface area (Å²) in [7, 11) is -3.08. The maximum absolute atomic E-state index is 11.1. The summed E-state index contributed by atoms with van der Waals surface area (Å²) in [5.41, 5.74) is 0.551. The number of hydrogen-bond donors (Lipinski definition) is 2. The Hall–Kier alpha value is -1.05. The van der Waals surface area contributed by atoms with Gasteiger partial charge in [-0.2, -0.15) is 0 Å². The van der Waals surface area contributed by atoms with E-state index in [1.165, 1.54) is 36.4 Å². The van der Waals surface area contributed by atoms with E-state index in [0.29, 0.717) is 0 Å². The van der Waals surface area contributed by atoms with Crippen LogP contribution in [-0.4, -0.2) is 34.8 Å². The van der Waals surface area contributed by atoms with Crippen LogP contribution in [0.4, 0.5) is 0 Å². The van der Waals surface area contributed by atoms with Crippen molar-refractivity contribution in [2.24, 2.45) is 0 Å². The van der Waals surface area contributed by atoms with E-state index in [4.69, 9.17) is 51.0 Å². The normalized spacial score (nSPS) is 10.5. The second-order valence-corrected chi connectivity index (χ2v) is 6.37. The summed E-state index contributed by atoms with van der Waals surface area (Å²) in [4.78, 5) is 22.2. The van der Waals surface area contributed by atoms with Gasteiger partial charge in [-0.15, -0.1) is 0 Å². The summed E-state index contributed by atoms with van der Waals surface area (Å²) in [6.07, 6.45) is 0. The molecular weight excluding hydrogens is 412 g/mol. The molecule has 0 bridgehead atoms. The van der Waals surface area contributed by atoms with Crippen molar-refractivity contribution in [2.75, 3.05) is 0 Å². The van der Waals surface area contributed by atoms with Crippen LogP contribution in [0, 0.1) is 0 Å². The number of benzene rings is 2. The van der Waals surface area contributed by atoms with Crippen molar-refractivity contribution in [3.63, 3.8) is 0 Å². The third-order valence-corrected chi connectivity index (χ3v) is 4.27. The van der Waals surface area contributed by atoms with Crippen LogP contribution in [0.15, 0.2) is 36.4 Å². The van der Waals surface area contributed by atoms with Crippen molar-refractivity contribution in [1.29, 1.82) is 0 Å². The van der Waals surface area contributed by atoms with Crippen LogP contribution in [-0.2, 0) is 4.57 Å². The zero-order valence-corrected chi connectivity index (χ0v) is 15.3. The van der Waals surface area contributed by atoms with E-state index in [0.717, 1.165) is 0 Å². The molecule has 0 radical (unpaired) electrons. The maximum atomic E-state index is 11.1. The first kappa shape index (κ1) is 20.3. The van der Waals surface area contributed by atoms with Gasteiger partial charge in [0.15, 0.2) is 0 Å². The summed E-state index contributed by atoms with van der Waals surface area (Å²) in [6.45, 7) is 0. The highest BCUT2D eigenvalue weighted by Crippen LogP contribution is 2.17. The van der Waals surface area contributed by atoms with E-state index in [1.54, 1.807) is 0 Å². The quantitative estimate of drug-likeness (QED) is 0.551. The molecule has 0 aliphatic rings. The van der Waals surface area contributed by atoms with E-state index >= 15 is 0 Å². The Labute approximate surface area is 163 Å². The van der Waals surface area contributed by atoms with Gasteiger partial charge in [-0.05, 0) is 58.4 Å². The minimum absolute atomic E-state index is 0.0302. The average Bonchev–Trinajstić information content (AvgIpc) is 2.53. The van der Waals surface area contributed by atoms with Crippen LogP contribution in [0.25, 0.3) is 0 Å². The Kier molecular flexibility index (Phi) is 6.93. The molecule has 2 rings (SSSR count). The molecule has 0 fully saturated rings. The smallest absolute Gasteiger partial charge is 0.443 e. The van der Waals surface area contributed by atoms with Crippen molar-refractivity contribution in [3.8, 4) is 0 Å². The predicted octanol–water partition coefficient (Wildman–Crippen LogP) is 1.84. The van der Waals surface area contributed by atoms with E-state index in [-0.39, 0.29) is 32.1 Å². The lowest BCUT2D eigenvalue weighted by atomic mass is 9.71. The van der Waals surface area contributed by atoms with Crippen molar-refractivity contribution < 1.29 is 24.2 Å². The molecule has 25 heavy (non-hydrogen) atoms. The van der Waals surface area contributed by atoms with Crippen LogP contribution < -0.4 is 10.9 Å². The molecule has 0 atom stereocenters. The predicted molar refractivity (Wildman–Crippen MR) is 99.6 cm³/mol. The average molecular weight is 420 g/mol. The number of hydrogen-bond acceptors (Lipinski definition) is 5. The van der Waals surface area contributed by atoms with Gasteiger partial charge in [-0.1, -0.05) is 35.3 Å². The fourth-order valence-electron chi connectivity index (χ4n) is 1.97. The Morgan fingerprint density at radius 3 is 1.44 bits per heavy atom. The first-order valence-corrected chi connectivity index (χ1v) is 8.22. The second kappa shape index (κ2) is 8.56. The molecule has 0 amide bonds. The zero-order valence-electron chi connectivity index (χ0n) is 12.2. The zero-order chi connectivity index (χ0) is 18.7. The highest BCUT2D eigenvalue weighted by Gasteiger charge is 2.27. The lowest BCUT2D eigenvalue weighted by Gasteiger charge is -2.13. The van der Waals surface area contributed by atoms with Crippen LogP contribution in [0.1, 0.15) is 20.7 Å². The molecule has 5 nitrogen and oxygen atoms in total. The van der Waals surface area contributed by atoms with Crippen LogP contribution in [0.3, 0.4) is 0 Å². The molecule has 0 heterocycles. The number of carbonyl (C=O) groups excluding carboxylic acids is 2. The standard InChI is InChI=1S/C14H8B2Cl4O5/c17-11-5-7(1-3-9(11)13(19)21)15(23)25-16(24)8-2-4-10(14(20)22)12(18)6-8/h1-6,23-24H. The van der Waals surface area contributed by atoms with Crippen molar-refractivity contribution in [3.05, 3.63) is 57.6 Å². The molecule has 0 saturated heterocycles. The van der Waals surface area contributed by atoms with Gasteiger partial charge in [0.1, 0.15) is 0 Å². The van der Waals surface area contributed by atoms with Gasteiger partial charge in [0.25, 0.3) is 10.5 Å². The van der Waals surface area contributed by atoms with Gasteiger partial charge in [-0.3, -0.25) is 9.59 Å². The molecular formula is C14H8B2Cl4O5. The third kappa shape index (κ3) is 4.99. The minimum atomic E-state index is -1.54. The number of halogens is 4.